The Morgan fingerprint density at radius 3 is 2.63 bits per heavy atom. The Morgan fingerprint density at radius 2 is 1.93 bits per heavy atom. The molecule has 2 aromatic carbocycles. The Kier molecular flexibility index (Phi) is 3.88. The monoisotopic (exact) mass is 392 g/mol. The topological polar surface area (TPSA) is 76.0 Å². The van der Waals surface area contributed by atoms with Crippen molar-refractivity contribution < 1.29 is 18.3 Å². The zero-order valence-corrected chi connectivity index (χ0v) is 14.4. The largest absolute Gasteiger partial charge is 0.509 e. The predicted molar refractivity (Wildman–Crippen MR) is 97.2 cm³/mol. The normalized spacial score (nSPS) is 15.3. The molecule has 2 heterocycles. The first-order chi connectivity index (χ1) is 12.8. The molecule has 0 aliphatic carbocycles. The van der Waals surface area contributed by atoms with Crippen LogP contribution < -0.4 is 4.90 Å². The number of alkyl halides is 3. The van der Waals surface area contributed by atoms with Crippen LogP contribution in [0.2, 0.25) is 5.02 Å². The number of hydrogen-bond acceptors (Lipinski definition) is 3. The van der Waals surface area contributed by atoms with Gasteiger partial charge < -0.3 is 15.0 Å². The lowest BCUT2D eigenvalue weighted by molar-refractivity contribution is -0.137. The molecule has 3 N–H and O–H groups in total. The molecule has 0 amide bonds. The van der Waals surface area contributed by atoms with E-state index in [-0.39, 0.29) is 40.2 Å². The van der Waals surface area contributed by atoms with E-state index in [0.717, 1.165) is 23.7 Å². The van der Waals surface area contributed by atoms with Gasteiger partial charge in [-0.15, -0.1) is 0 Å². The lowest BCUT2D eigenvalue weighted by atomic mass is 10.1. The van der Waals surface area contributed by atoms with Gasteiger partial charge in [-0.05, 0) is 30.3 Å². The van der Waals surface area contributed by atoms with Crippen molar-refractivity contribution in [3.63, 3.8) is 0 Å². The second-order valence-corrected chi connectivity index (χ2v) is 6.43. The van der Waals surface area contributed by atoms with Gasteiger partial charge in [0.05, 0.1) is 39.4 Å². The molecule has 3 aromatic rings. The highest BCUT2D eigenvalue weighted by atomic mass is 35.5. The van der Waals surface area contributed by atoms with Gasteiger partial charge in [0.25, 0.3) is 0 Å². The predicted octanol–water partition coefficient (Wildman–Crippen LogP) is 5.00. The summed E-state index contributed by atoms with van der Waals surface area (Å²) >= 11 is 6.07. The fraction of sp³-hybridized carbons (Fsp3) is 0.111. The van der Waals surface area contributed by atoms with Crippen molar-refractivity contribution >= 4 is 39.7 Å². The summed E-state index contributed by atoms with van der Waals surface area (Å²) in [5.74, 6) is -0.0930. The zero-order valence-electron chi connectivity index (χ0n) is 13.6. The molecule has 1 aromatic heterocycles. The van der Waals surface area contributed by atoms with E-state index in [0.29, 0.717) is 5.52 Å². The Bertz CT molecular complexity index is 1070. The van der Waals surface area contributed by atoms with E-state index in [1.165, 1.54) is 4.90 Å². The molecule has 27 heavy (non-hydrogen) atoms. The smallest absolute Gasteiger partial charge is 0.416 e. The molecule has 1 aliphatic heterocycles. The zero-order chi connectivity index (χ0) is 19.3. The van der Waals surface area contributed by atoms with Gasteiger partial charge in [-0.2, -0.15) is 13.2 Å². The van der Waals surface area contributed by atoms with Crippen LogP contribution in [0.4, 0.5) is 18.9 Å². The van der Waals surface area contributed by atoms with Crippen LogP contribution in [0.25, 0.3) is 16.6 Å². The summed E-state index contributed by atoms with van der Waals surface area (Å²) < 4.78 is 39.1. The molecule has 0 spiro atoms. The number of hydrogen-bond donors (Lipinski definition) is 3. The molecule has 138 valence electrons. The first-order valence-corrected chi connectivity index (χ1v) is 8.24. The number of rotatable bonds is 2. The number of fused-ring (bicyclic) bond motifs is 1. The number of nitrogens with zero attached hydrogens (tertiary/aromatic N) is 2. The molecule has 1 aliphatic rings. The summed E-state index contributed by atoms with van der Waals surface area (Å²) in [6, 6.07) is 10.0. The number of amidine groups is 1. The third-order valence-corrected chi connectivity index (χ3v) is 4.61. The first kappa shape index (κ1) is 17.4. The number of aliphatic hydroxyl groups excluding tert-OH is 1. The molecule has 0 unspecified atom stereocenters. The van der Waals surface area contributed by atoms with Crippen molar-refractivity contribution in [3.05, 3.63) is 64.6 Å². The highest BCUT2D eigenvalue weighted by molar-refractivity contribution is 6.36. The van der Waals surface area contributed by atoms with E-state index in [2.05, 4.69) is 9.97 Å². The summed E-state index contributed by atoms with van der Waals surface area (Å²) in [4.78, 5) is 8.58. The van der Waals surface area contributed by atoms with Gasteiger partial charge in [-0.1, -0.05) is 23.7 Å². The number of benzene rings is 2. The van der Waals surface area contributed by atoms with Gasteiger partial charge in [0.15, 0.2) is 0 Å². The van der Waals surface area contributed by atoms with E-state index in [1.54, 1.807) is 18.2 Å². The van der Waals surface area contributed by atoms with Crippen LogP contribution in [0.15, 0.2) is 48.2 Å². The summed E-state index contributed by atoms with van der Waals surface area (Å²) in [5.41, 5.74) is 0.604. The summed E-state index contributed by atoms with van der Waals surface area (Å²) in [6.45, 7) is -0.174. The molecule has 0 atom stereocenters. The number of aromatic amines is 1. The maximum absolute atomic E-state index is 13.0. The third-order valence-electron chi connectivity index (χ3n) is 4.29. The average Bonchev–Trinajstić information content (AvgIpc) is 3.14. The van der Waals surface area contributed by atoms with Crippen LogP contribution in [0.3, 0.4) is 0 Å². The first-order valence-electron chi connectivity index (χ1n) is 7.86. The van der Waals surface area contributed by atoms with E-state index < -0.39 is 11.7 Å². The van der Waals surface area contributed by atoms with Crippen molar-refractivity contribution in [2.75, 3.05) is 11.4 Å². The minimum atomic E-state index is -4.54. The van der Waals surface area contributed by atoms with E-state index in [1.807, 2.05) is 6.07 Å². The molecule has 0 bridgehead atoms. The molecule has 0 fully saturated rings. The van der Waals surface area contributed by atoms with E-state index in [4.69, 9.17) is 17.0 Å². The van der Waals surface area contributed by atoms with Crippen LogP contribution in [0, 0.1) is 5.41 Å². The Hall–Kier alpha value is -3.00. The Morgan fingerprint density at radius 1 is 1.19 bits per heavy atom. The van der Waals surface area contributed by atoms with Crippen LogP contribution >= 0.6 is 11.6 Å². The Balaban J connectivity index is 1.74. The summed E-state index contributed by atoms with van der Waals surface area (Å²) in [6.07, 6.45) is -4.54. The van der Waals surface area contributed by atoms with Gasteiger partial charge in [-0.3, -0.25) is 5.41 Å². The average molecular weight is 393 g/mol. The maximum Gasteiger partial charge on any atom is 0.416 e. The molecule has 4 rings (SSSR count). The number of halogens is 4. The number of para-hydroxylation sites is 2. The third kappa shape index (κ3) is 2.91. The lowest BCUT2D eigenvalue weighted by Gasteiger charge is -2.21. The van der Waals surface area contributed by atoms with Crippen LogP contribution in [0.1, 0.15) is 11.4 Å². The fourth-order valence-electron chi connectivity index (χ4n) is 3.00. The highest BCUT2D eigenvalue weighted by Gasteiger charge is 2.35. The molecule has 0 saturated heterocycles. The summed E-state index contributed by atoms with van der Waals surface area (Å²) in [5, 5.41) is 18.8. The maximum atomic E-state index is 13.0. The number of aliphatic hydroxyl groups is 1. The molecule has 5 nitrogen and oxygen atoms in total. The van der Waals surface area contributed by atoms with E-state index >= 15 is 0 Å². The van der Waals surface area contributed by atoms with Gasteiger partial charge >= 0.3 is 6.18 Å². The standard InChI is InChI=1S/C18H12ClF3N4O/c19-10-6-5-9(18(20,21)22)7-13(10)26-8-14(27)15(16(26)23)17-24-11-3-1-2-4-12(11)25-17/h1-7,23,27H,8H2,(H,24,25). The number of imidazole rings is 1. The lowest BCUT2D eigenvalue weighted by Crippen LogP contribution is -2.27. The quantitative estimate of drug-likeness (QED) is 0.574. The van der Waals surface area contributed by atoms with Gasteiger partial charge in [0.2, 0.25) is 0 Å². The number of aromatic nitrogens is 2. The Labute approximate surface area is 156 Å². The van der Waals surface area contributed by atoms with Crippen molar-refractivity contribution in [1.82, 2.24) is 9.97 Å². The van der Waals surface area contributed by atoms with Crippen LogP contribution in [-0.4, -0.2) is 27.5 Å². The van der Waals surface area contributed by atoms with Crippen LogP contribution in [-0.2, 0) is 6.18 Å². The number of H-pyrrole nitrogens is 1. The van der Waals surface area contributed by atoms with Crippen molar-refractivity contribution in [3.8, 4) is 0 Å². The highest BCUT2D eigenvalue weighted by Crippen LogP contribution is 2.38. The van der Waals surface area contributed by atoms with Crippen molar-refractivity contribution in [2.45, 2.75) is 6.18 Å². The minimum Gasteiger partial charge on any atom is -0.509 e. The van der Waals surface area contributed by atoms with E-state index in [9.17, 15) is 18.3 Å². The molecular weight excluding hydrogens is 381 g/mol. The van der Waals surface area contributed by atoms with Crippen molar-refractivity contribution in [2.24, 2.45) is 0 Å². The molecule has 0 radical (unpaired) electrons. The number of nitrogens with one attached hydrogen (secondary N) is 2. The molecular formula is C18H12ClF3N4O. The van der Waals surface area contributed by atoms with Crippen molar-refractivity contribution in [1.29, 1.82) is 5.41 Å². The SMILES string of the molecule is N=C1C(c2nc3ccccc3[nH]2)=C(O)CN1c1cc(C(F)(F)F)ccc1Cl. The van der Waals surface area contributed by atoms with Gasteiger partial charge in [0, 0.05) is 0 Å². The molecule has 9 heteroatoms. The van der Waals surface area contributed by atoms with Gasteiger partial charge in [-0.25, -0.2) is 4.98 Å². The number of anilines is 1. The molecule has 0 saturated carbocycles. The fourth-order valence-corrected chi connectivity index (χ4v) is 3.22. The second-order valence-electron chi connectivity index (χ2n) is 6.02. The summed E-state index contributed by atoms with van der Waals surface area (Å²) in [7, 11) is 0. The van der Waals surface area contributed by atoms with Crippen LogP contribution in [0.5, 0.6) is 0 Å². The second kappa shape index (κ2) is 6.02. The minimum absolute atomic E-state index is 0.00541. The van der Waals surface area contributed by atoms with Gasteiger partial charge in [0.1, 0.15) is 17.4 Å².